The number of nitrogens with one attached hydrogen (secondary N) is 1. The number of anilines is 1. The van der Waals surface area contributed by atoms with Crippen LogP contribution in [0.4, 0.5) is 22.7 Å². The van der Waals surface area contributed by atoms with E-state index in [0.717, 1.165) is 0 Å². The van der Waals surface area contributed by atoms with Crippen molar-refractivity contribution in [2.75, 3.05) is 18.3 Å². The molecule has 0 saturated carbocycles. The summed E-state index contributed by atoms with van der Waals surface area (Å²) in [6.07, 6.45) is 0. The minimum absolute atomic E-state index is 0.0464. The predicted molar refractivity (Wildman–Crippen MR) is 90.3 cm³/mol. The summed E-state index contributed by atoms with van der Waals surface area (Å²) in [5, 5.41) is 21.1. The number of nitrogens with zero attached hydrogens (tertiary/aromatic N) is 3. The van der Waals surface area contributed by atoms with Gasteiger partial charge in [-0.15, -0.1) is 0 Å². The third-order valence-corrected chi connectivity index (χ3v) is 3.48. The minimum atomic E-state index is -4.17. The van der Waals surface area contributed by atoms with Gasteiger partial charge in [0.1, 0.15) is 11.6 Å². The number of ether oxygens (including phenoxy) is 1. The molecule has 0 saturated heterocycles. The molecule has 0 fully saturated rings. The van der Waals surface area contributed by atoms with Gasteiger partial charge in [-0.3, -0.25) is 14.7 Å². The van der Waals surface area contributed by atoms with Crippen LogP contribution in [-0.4, -0.2) is 30.9 Å². The largest absolute Gasteiger partial charge is 0.495 e. The van der Waals surface area contributed by atoms with Gasteiger partial charge in [-0.05, 0) is 24.3 Å². The average Bonchev–Trinajstić information content (AvgIpc) is 2.58. The van der Waals surface area contributed by atoms with Crippen molar-refractivity contribution in [1.82, 2.24) is 0 Å². The fraction of sp³-hybridized carbons (Fsp3) is 0.143. The van der Waals surface area contributed by atoms with Crippen LogP contribution in [0.2, 0.25) is 0 Å². The van der Waals surface area contributed by atoms with Gasteiger partial charge in [0.2, 0.25) is 0 Å². The van der Waals surface area contributed by atoms with Crippen LogP contribution >= 0.6 is 0 Å². The highest BCUT2D eigenvalue weighted by Gasteiger charge is 2.09. The summed E-state index contributed by atoms with van der Waals surface area (Å²) in [7, 11) is -2.78. The lowest BCUT2D eigenvalue weighted by Gasteiger charge is -2.10. The molecule has 0 aromatic heterocycles. The first-order valence-corrected chi connectivity index (χ1v) is 8.43. The Balaban J connectivity index is 2.15. The lowest BCUT2D eigenvalue weighted by atomic mass is 10.2. The van der Waals surface area contributed by atoms with Gasteiger partial charge in [0, 0.05) is 18.2 Å². The Hall–Kier alpha value is -3.05. The molecule has 2 aromatic carbocycles. The summed E-state index contributed by atoms with van der Waals surface area (Å²) >= 11 is 0. The number of non-ortho nitro benzene ring substituents is 1. The second kappa shape index (κ2) is 7.68. The Kier molecular flexibility index (Phi) is 5.62. The van der Waals surface area contributed by atoms with E-state index in [2.05, 4.69) is 15.5 Å². The van der Waals surface area contributed by atoms with Crippen molar-refractivity contribution in [3.05, 3.63) is 52.6 Å². The molecular formula is C14H14N4O6S. The zero-order valence-electron chi connectivity index (χ0n) is 13.0. The predicted octanol–water partition coefficient (Wildman–Crippen LogP) is 3.28. The molecule has 10 nitrogen and oxygen atoms in total. The number of benzene rings is 2. The van der Waals surface area contributed by atoms with Crippen LogP contribution in [0.15, 0.2) is 52.7 Å². The van der Waals surface area contributed by atoms with Crippen molar-refractivity contribution in [2.45, 2.75) is 0 Å². The fourth-order valence-corrected chi connectivity index (χ4v) is 2.15. The zero-order valence-corrected chi connectivity index (χ0v) is 13.8. The maximum absolute atomic E-state index is 10.8. The van der Waals surface area contributed by atoms with Gasteiger partial charge in [0.25, 0.3) is 15.8 Å². The molecule has 11 heteroatoms. The van der Waals surface area contributed by atoms with E-state index in [1.165, 1.54) is 43.5 Å². The Labute approximate surface area is 143 Å². The van der Waals surface area contributed by atoms with E-state index in [1.54, 1.807) is 6.07 Å². The third-order valence-electron chi connectivity index (χ3n) is 2.97. The topological polar surface area (TPSA) is 143 Å². The van der Waals surface area contributed by atoms with Gasteiger partial charge in [0.15, 0.2) is 0 Å². The smallest absolute Gasteiger partial charge is 0.283 e. The highest BCUT2D eigenvalue weighted by molar-refractivity contribution is 7.85. The standard InChI is InChI=1S/C14H14N4O6S/c1-24-14-8-11(4-7-13(14)15-9-25(21,22)23)17-16-10-2-5-12(6-3-10)18(19)20/h2-8,15H,9H2,1H3,(H,21,22,23). The molecular weight excluding hydrogens is 352 g/mol. The first kappa shape index (κ1) is 18.3. The second-order valence-corrected chi connectivity index (χ2v) is 6.21. The molecule has 0 radical (unpaired) electrons. The Bertz CT molecular complexity index is 896. The molecule has 2 aromatic rings. The molecule has 0 bridgehead atoms. The number of nitro groups is 1. The van der Waals surface area contributed by atoms with Gasteiger partial charge >= 0.3 is 0 Å². The fourth-order valence-electron chi connectivity index (χ4n) is 1.81. The van der Waals surface area contributed by atoms with E-state index in [-0.39, 0.29) is 5.69 Å². The number of nitro benzene ring substituents is 1. The van der Waals surface area contributed by atoms with Crippen LogP contribution in [-0.2, 0) is 10.1 Å². The molecule has 0 amide bonds. The molecule has 0 spiro atoms. The van der Waals surface area contributed by atoms with Crippen LogP contribution in [0.1, 0.15) is 0 Å². The Morgan fingerprint density at radius 1 is 1.16 bits per heavy atom. The zero-order chi connectivity index (χ0) is 18.4. The van der Waals surface area contributed by atoms with Crippen molar-refractivity contribution in [2.24, 2.45) is 10.2 Å². The lowest BCUT2D eigenvalue weighted by Crippen LogP contribution is -2.13. The molecule has 2 rings (SSSR count). The van der Waals surface area contributed by atoms with Crippen LogP contribution < -0.4 is 10.1 Å². The third kappa shape index (κ3) is 5.51. The Morgan fingerprint density at radius 3 is 2.32 bits per heavy atom. The molecule has 0 heterocycles. The normalized spacial score (nSPS) is 11.4. The summed E-state index contributed by atoms with van der Waals surface area (Å²) in [4.78, 5) is 10.1. The molecule has 2 N–H and O–H groups in total. The summed E-state index contributed by atoms with van der Waals surface area (Å²) in [6.45, 7) is 0. The summed E-state index contributed by atoms with van der Waals surface area (Å²) in [5.41, 5.74) is 1.16. The average molecular weight is 366 g/mol. The summed E-state index contributed by atoms with van der Waals surface area (Å²) in [5.74, 6) is -0.351. The maximum atomic E-state index is 10.8. The van der Waals surface area contributed by atoms with Crippen LogP contribution in [0, 0.1) is 10.1 Å². The minimum Gasteiger partial charge on any atom is -0.495 e. The molecule has 0 atom stereocenters. The summed E-state index contributed by atoms with van der Waals surface area (Å²) < 4.78 is 35.4. The van der Waals surface area contributed by atoms with E-state index < -0.39 is 20.9 Å². The lowest BCUT2D eigenvalue weighted by molar-refractivity contribution is -0.384. The van der Waals surface area contributed by atoms with Gasteiger partial charge in [-0.1, -0.05) is 0 Å². The number of hydrogen-bond acceptors (Lipinski definition) is 8. The van der Waals surface area contributed by atoms with Crippen LogP contribution in [0.3, 0.4) is 0 Å². The molecule has 0 aliphatic carbocycles. The van der Waals surface area contributed by atoms with Gasteiger partial charge in [-0.25, -0.2) is 0 Å². The highest BCUT2D eigenvalue weighted by Crippen LogP contribution is 2.30. The molecule has 132 valence electrons. The van der Waals surface area contributed by atoms with E-state index in [1.807, 2.05) is 0 Å². The number of rotatable bonds is 7. The molecule has 0 aliphatic rings. The van der Waals surface area contributed by atoms with E-state index in [9.17, 15) is 18.5 Å². The molecule has 0 unspecified atom stereocenters. The van der Waals surface area contributed by atoms with E-state index in [0.29, 0.717) is 22.8 Å². The van der Waals surface area contributed by atoms with Gasteiger partial charge < -0.3 is 10.1 Å². The van der Waals surface area contributed by atoms with Crippen molar-refractivity contribution in [3.8, 4) is 5.75 Å². The number of azo groups is 1. The number of hydrogen-bond donors (Lipinski definition) is 2. The van der Waals surface area contributed by atoms with Crippen molar-refractivity contribution < 1.29 is 22.6 Å². The Morgan fingerprint density at radius 2 is 1.76 bits per heavy atom. The van der Waals surface area contributed by atoms with Gasteiger partial charge in [0.05, 0.1) is 29.1 Å². The second-order valence-electron chi connectivity index (χ2n) is 4.76. The van der Waals surface area contributed by atoms with E-state index >= 15 is 0 Å². The van der Waals surface area contributed by atoms with Crippen LogP contribution in [0.25, 0.3) is 0 Å². The van der Waals surface area contributed by atoms with E-state index in [4.69, 9.17) is 9.29 Å². The maximum Gasteiger partial charge on any atom is 0.283 e. The SMILES string of the molecule is COc1cc(N=Nc2ccc([N+](=O)[O-])cc2)ccc1NCS(=O)(=O)O. The molecule has 0 aliphatic heterocycles. The van der Waals surface area contributed by atoms with Crippen molar-refractivity contribution in [1.29, 1.82) is 0 Å². The number of methoxy groups -OCH3 is 1. The quantitative estimate of drug-likeness (QED) is 0.331. The first-order valence-electron chi connectivity index (χ1n) is 6.82. The highest BCUT2D eigenvalue weighted by atomic mass is 32.2. The first-order chi connectivity index (χ1) is 11.8. The van der Waals surface area contributed by atoms with Crippen molar-refractivity contribution >= 4 is 32.9 Å². The van der Waals surface area contributed by atoms with Crippen molar-refractivity contribution in [3.63, 3.8) is 0 Å². The van der Waals surface area contributed by atoms with Crippen LogP contribution in [0.5, 0.6) is 5.75 Å². The van der Waals surface area contributed by atoms with Gasteiger partial charge in [-0.2, -0.15) is 18.6 Å². The monoisotopic (exact) mass is 366 g/mol. The molecule has 25 heavy (non-hydrogen) atoms. The summed E-state index contributed by atoms with van der Waals surface area (Å²) in [6, 6.07) is 10.1.